The van der Waals surface area contributed by atoms with Crippen molar-refractivity contribution in [1.29, 1.82) is 0 Å². The topological polar surface area (TPSA) is 35.0 Å². The van der Waals surface area contributed by atoms with Crippen LogP contribution in [0.25, 0.3) is 0 Å². The van der Waals surface area contributed by atoms with Crippen molar-refractivity contribution in [3.05, 3.63) is 47.5 Å². The van der Waals surface area contributed by atoms with E-state index in [1.807, 2.05) is 0 Å². The van der Waals surface area contributed by atoms with Crippen LogP contribution in [0.3, 0.4) is 0 Å². The number of nitrogens with zero attached hydrogens (tertiary/aromatic N) is 2. The standard InChI is InChI=1S/C11H6ClF3N2O/c12-10-16-5-9(6-17-10)18-8-3-1-2-7(4-8)11(13,14)15/h1-6H. The van der Waals surface area contributed by atoms with Crippen LogP contribution in [-0.4, -0.2) is 9.97 Å². The van der Waals surface area contributed by atoms with Crippen LogP contribution in [0.15, 0.2) is 36.7 Å². The van der Waals surface area contributed by atoms with E-state index < -0.39 is 11.7 Å². The molecule has 0 saturated heterocycles. The fourth-order valence-electron chi connectivity index (χ4n) is 1.23. The van der Waals surface area contributed by atoms with Crippen molar-refractivity contribution in [3.8, 4) is 11.5 Å². The Hall–Kier alpha value is -1.82. The van der Waals surface area contributed by atoms with E-state index in [0.717, 1.165) is 12.1 Å². The number of aromatic nitrogens is 2. The van der Waals surface area contributed by atoms with Crippen molar-refractivity contribution in [2.75, 3.05) is 0 Å². The van der Waals surface area contributed by atoms with E-state index in [9.17, 15) is 13.2 Å². The smallest absolute Gasteiger partial charge is 0.416 e. The highest BCUT2D eigenvalue weighted by atomic mass is 35.5. The third-order valence-electron chi connectivity index (χ3n) is 1.99. The summed E-state index contributed by atoms with van der Waals surface area (Å²) in [5.41, 5.74) is -0.783. The van der Waals surface area contributed by atoms with Crippen LogP contribution < -0.4 is 4.74 Å². The first kappa shape index (κ1) is 12.6. The molecule has 2 aromatic rings. The molecule has 2 rings (SSSR count). The minimum atomic E-state index is -4.41. The molecule has 0 saturated carbocycles. The van der Waals surface area contributed by atoms with Gasteiger partial charge >= 0.3 is 6.18 Å². The van der Waals surface area contributed by atoms with Crippen molar-refractivity contribution in [2.45, 2.75) is 6.18 Å². The zero-order valence-corrected chi connectivity index (χ0v) is 9.53. The van der Waals surface area contributed by atoms with Gasteiger partial charge in [-0.15, -0.1) is 0 Å². The van der Waals surface area contributed by atoms with Gasteiger partial charge < -0.3 is 4.74 Å². The number of benzene rings is 1. The number of ether oxygens (including phenoxy) is 1. The molecule has 0 aliphatic carbocycles. The van der Waals surface area contributed by atoms with Crippen molar-refractivity contribution >= 4 is 11.6 Å². The molecule has 3 nitrogen and oxygen atoms in total. The molecule has 18 heavy (non-hydrogen) atoms. The first-order valence-electron chi connectivity index (χ1n) is 4.78. The number of halogens is 4. The number of hydrogen-bond acceptors (Lipinski definition) is 3. The van der Waals surface area contributed by atoms with E-state index in [-0.39, 0.29) is 16.8 Å². The SMILES string of the molecule is FC(F)(F)c1cccc(Oc2cnc(Cl)nc2)c1. The Bertz CT molecular complexity index is 543. The van der Waals surface area contributed by atoms with E-state index in [1.54, 1.807) is 0 Å². The molecular weight excluding hydrogens is 269 g/mol. The Morgan fingerprint density at radius 3 is 2.33 bits per heavy atom. The van der Waals surface area contributed by atoms with E-state index in [1.165, 1.54) is 24.5 Å². The highest BCUT2D eigenvalue weighted by Gasteiger charge is 2.30. The Kier molecular flexibility index (Phi) is 3.38. The van der Waals surface area contributed by atoms with Crippen LogP contribution in [0, 0.1) is 0 Å². The van der Waals surface area contributed by atoms with Gasteiger partial charge in [-0.3, -0.25) is 0 Å². The molecule has 0 radical (unpaired) electrons. The highest BCUT2D eigenvalue weighted by Crippen LogP contribution is 2.32. The molecule has 0 atom stereocenters. The summed E-state index contributed by atoms with van der Waals surface area (Å²) in [5, 5.41) is 0.0337. The summed E-state index contributed by atoms with van der Waals surface area (Å²) >= 11 is 5.47. The minimum absolute atomic E-state index is 0.0337. The minimum Gasteiger partial charge on any atom is -0.454 e. The summed E-state index contributed by atoms with van der Waals surface area (Å²) in [4.78, 5) is 7.31. The maximum atomic E-state index is 12.5. The maximum absolute atomic E-state index is 12.5. The van der Waals surface area contributed by atoms with E-state index in [2.05, 4.69) is 9.97 Å². The molecule has 0 aliphatic heterocycles. The summed E-state index contributed by atoms with van der Waals surface area (Å²) in [6.07, 6.45) is -1.86. The molecule has 7 heteroatoms. The van der Waals surface area contributed by atoms with Crippen LogP contribution in [0.2, 0.25) is 5.28 Å². The molecule has 94 valence electrons. The summed E-state index contributed by atoms with van der Waals surface area (Å²) in [6, 6.07) is 4.53. The summed E-state index contributed by atoms with van der Waals surface area (Å²) in [6.45, 7) is 0. The van der Waals surface area contributed by atoms with E-state index in [4.69, 9.17) is 16.3 Å². The maximum Gasteiger partial charge on any atom is 0.416 e. The van der Waals surface area contributed by atoms with Crippen LogP contribution in [0.4, 0.5) is 13.2 Å². The van der Waals surface area contributed by atoms with Gasteiger partial charge in [0.25, 0.3) is 0 Å². The second-order valence-electron chi connectivity index (χ2n) is 3.32. The highest BCUT2D eigenvalue weighted by molar-refractivity contribution is 6.28. The summed E-state index contributed by atoms with van der Waals surface area (Å²) in [5.74, 6) is 0.259. The molecule has 0 N–H and O–H groups in total. The molecule has 1 heterocycles. The number of hydrogen-bond donors (Lipinski definition) is 0. The van der Waals surface area contributed by atoms with Gasteiger partial charge in [-0.25, -0.2) is 9.97 Å². The van der Waals surface area contributed by atoms with Gasteiger partial charge in [0, 0.05) is 0 Å². The number of alkyl halides is 3. The zero-order valence-electron chi connectivity index (χ0n) is 8.78. The first-order chi connectivity index (χ1) is 8.45. The van der Waals surface area contributed by atoms with Gasteiger partial charge in [0.05, 0.1) is 18.0 Å². The van der Waals surface area contributed by atoms with Gasteiger partial charge in [0.15, 0.2) is 5.75 Å². The zero-order chi connectivity index (χ0) is 13.2. The van der Waals surface area contributed by atoms with Crippen LogP contribution >= 0.6 is 11.6 Å². The summed E-state index contributed by atoms with van der Waals surface area (Å²) in [7, 11) is 0. The lowest BCUT2D eigenvalue weighted by atomic mass is 10.2. The van der Waals surface area contributed by atoms with Crippen LogP contribution in [0.1, 0.15) is 5.56 Å². The number of rotatable bonds is 2. The predicted octanol–water partition coefficient (Wildman–Crippen LogP) is 3.94. The first-order valence-corrected chi connectivity index (χ1v) is 5.15. The molecule has 0 spiro atoms. The fourth-order valence-corrected chi connectivity index (χ4v) is 1.32. The van der Waals surface area contributed by atoms with E-state index >= 15 is 0 Å². The van der Waals surface area contributed by atoms with Gasteiger partial charge in [-0.2, -0.15) is 13.2 Å². The molecule has 0 unspecified atom stereocenters. The lowest BCUT2D eigenvalue weighted by Crippen LogP contribution is -2.04. The lowest BCUT2D eigenvalue weighted by Gasteiger charge is -2.09. The largest absolute Gasteiger partial charge is 0.454 e. The Morgan fingerprint density at radius 2 is 1.72 bits per heavy atom. The second kappa shape index (κ2) is 4.81. The van der Waals surface area contributed by atoms with Crippen LogP contribution in [0.5, 0.6) is 11.5 Å². The Balaban J connectivity index is 2.22. The molecule has 0 fully saturated rings. The fraction of sp³-hybridized carbons (Fsp3) is 0.0909. The van der Waals surface area contributed by atoms with E-state index in [0.29, 0.717) is 0 Å². The third-order valence-corrected chi connectivity index (χ3v) is 2.19. The average molecular weight is 275 g/mol. The molecule has 0 amide bonds. The second-order valence-corrected chi connectivity index (χ2v) is 3.65. The van der Waals surface area contributed by atoms with Gasteiger partial charge in [0.2, 0.25) is 5.28 Å². The van der Waals surface area contributed by atoms with Crippen molar-refractivity contribution in [2.24, 2.45) is 0 Å². The van der Waals surface area contributed by atoms with Crippen molar-refractivity contribution in [1.82, 2.24) is 9.97 Å². The van der Waals surface area contributed by atoms with Gasteiger partial charge in [-0.1, -0.05) is 6.07 Å². The average Bonchev–Trinajstić information content (AvgIpc) is 2.31. The monoisotopic (exact) mass is 274 g/mol. The van der Waals surface area contributed by atoms with Crippen LogP contribution in [-0.2, 0) is 6.18 Å². The Morgan fingerprint density at radius 1 is 1.06 bits per heavy atom. The summed E-state index contributed by atoms with van der Waals surface area (Å²) < 4.78 is 42.6. The quantitative estimate of drug-likeness (QED) is 0.778. The molecule has 1 aromatic heterocycles. The van der Waals surface area contributed by atoms with Crippen molar-refractivity contribution < 1.29 is 17.9 Å². The molecular formula is C11H6ClF3N2O. The van der Waals surface area contributed by atoms with Gasteiger partial charge in [0.1, 0.15) is 5.75 Å². The molecule has 1 aromatic carbocycles. The molecule has 0 bridgehead atoms. The Labute approximate surface area is 105 Å². The third kappa shape index (κ3) is 3.10. The lowest BCUT2D eigenvalue weighted by molar-refractivity contribution is -0.137. The van der Waals surface area contributed by atoms with Crippen molar-refractivity contribution in [3.63, 3.8) is 0 Å². The molecule has 0 aliphatic rings. The normalized spacial score (nSPS) is 11.3. The van der Waals surface area contributed by atoms with Gasteiger partial charge in [-0.05, 0) is 29.8 Å². The predicted molar refractivity (Wildman–Crippen MR) is 58.6 cm³/mol.